The Labute approximate surface area is 206 Å². The number of hydrazone groups is 1. The highest BCUT2D eigenvalue weighted by molar-refractivity contribution is 6.03. The van der Waals surface area contributed by atoms with Crippen LogP contribution in [0.3, 0.4) is 0 Å². The first-order valence-corrected chi connectivity index (χ1v) is 11.6. The fourth-order valence-corrected chi connectivity index (χ4v) is 3.81. The summed E-state index contributed by atoms with van der Waals surface area (Å²) in [6.07, 6.45) is 0.542. The predicted octanol–water partition coefficient (Wildman–Crippen LogP) is 3.45. The third-order valence-corrected chi connectivity index (χ3v) is 5.68. The average Bonchev–Trinajstić information content (AvgIpc) is 3.31. The van der Waals surface area contributed by atoms with Gasteiger partial charge in [0.2, 0.25) is 0 Å². The van der Waals surface area contributed by atoms with Gasteiger partial charge in [0.25, 0.3) is 5.91 Å². The van der Waals surface area contributed by atoms with Gasteiger partial charge in [-0.2, -0.15) is 5.10 Å². The molecule has 9 heteroatoms. The molecule has 1 atom stereocenters. The average molecular weight is 483 g/mol. The predicted molar refractivity (Wildman–Crippen MR) is 134 cm³/mol. The molecule has 0 fully saturated rings. The van der Waals surface area contributed by atoms with E-state index in [0.717, 1.165) is 28.3 Å². The van der Waals surface area contributed by atoms with E-state index in [1.165, 1.54) is 9.91 Å². The van der Waals surface area contributed by atoms with Gasteiger partial charge < -0.3 is 24.4 Å². The fourth-order valence-electron chi connectivity index (χ4n) is 3.81. The lowest BCUT2D eigenvalue weighted by Gasteiger charge is -2.27. The van der Waals surface area contributed by atoms with Crippen LogP contribution in [-0.2, 0) is 9.53 Å². The molecule has 0 radical (unpaired) electrons. The van der Waals surface area contributed by atoms with Gasteiger partial charge in [0.1, 0.15) is 18.0 Å². The zero-order chi connectivity index (χ0) is 25.4. The van der Waals surface area contributed by atoms with Crippen LogP contribution >= 0.6 is 0 Å². The number of hydrogen-bond donors (Lipinski definition) is 1. The normalized spacial score (nSPS) is 15.1. The van der Waals surface area contributed by atoms with E-state index in [0.29, 0.717) is 13.0 Å². The molecule has 2 aromatic carbocycles. The number of benzene rings is 2. The lowest BCUT2D eigenvalue weighted by molar-refractivity contribution is -0.133. The van der Waals surface area contributed by atoms with Crippen LogP contribution in [0.2, 0.25) is 0 Å². The number of ether oxygens (including phenoxy) is 3. The number of nitrogens with zero attached hydrogens (tertiary/aromatic N) is 3. The van der Waals surface area contributed by atoms with E-state index < -0.39 is 0 Å². The molecule has 0 saturated carbocycles. The summed E-state index contributed by atoms with van der Waals surface area (Å²) in [5.41, 5.74) is 2.63. The minimum atomic E-state index is -0.315. The second-order valence-corrected chi connectivity index (χ2v) is 8.53. The SMILES string of the molecule is COCCN(CC(=O)N1N=C(c2ccc(OC)cc2)C[C@H]1c1ccc(OC)cc1)C(=O)NC(C)C. The number of amides is 3. The van der Waals surface area contributed by atoms with Crippen molar-refractivity contribution in [3.05, 3.63) is 59.7 Å². The number of hydrogen-bond acceptors (Lipinski definition) is 6. The Morgan fingerprint density at radius 3 is 2.17 bits per heavy atom. The van der Waals surface area contributed by atoms with Crippen LogP contribution in [0.15, 0.2) is 53.6 Å². The largest absolute Gasteiger partial charge is 0.497 e. The molecule has 1 heterocycles. The molecule has 3 amide bonds. The van der Waals surface area contributed by atoms with Gasteiger partial charge in [-0.1, -0.05) is 12.1 Å². The molecule has 2 aromatic rings. The Bertz CT molecular complexity index is 1020. The highest BCUT2D eigenvalue weighted by Crippen LogP contribution is 2.34. The lowest BCUT2D eigenvalue weighted by atomic mass is 9.98. The Balaban J connectivity index is 1.88. The van der Waals surface area contributed by atoms with Crippen molar-refractivity contribution in [3.63, 3.8) is 0 Å². The molecule has 0 aliphatic carbocycles. The summed E-state index contributed by atoms with van der Waals surface area (Å²) in [5, 5.41) is 9.04. The van der Waals surface area contributed by atoms with Crippen molar-refractivity contribution in [1.29, 1.82) is 0 Å². The number of carbonyl (C=O) groups excluding carboxylic acids is 2. The van der Waals surface area contributed by atoms with Crippen molar-refractivity contribution in [3.8, 4) is 11.5 Å². The van der Waals surface area contributed by atoms with Crippen LogP contribution in [0, 0.1) is 0 Å². The first-order valence-electron chi connectivity index (χ1n) is 11.6. The van der Waals surface area contributed by atoms with Crippen LogP contribution in [-0.4, -0.2) is 74.6 Å². The highest BCUT2D eigenvalue weighted by Gasteiger charge is 2.34. The summed E-state index contributed by atoms with van der Waals surface area (Å²) < 4.78 is 15.7. The molecule has 0 spiro atoms. The van der Waals surface area contributed by atoms with E-state index in [4.69, 9.17) is 19.3 Å². The van der Waals surface area contributed by atoms with E-state index >= 15 is 0 Å². The van der Waals surface area contributed by atoms with Gasteiger partial charge in [0, 0.05) is 26.1 Å². The van der Waals surface area contributed by atoms with Crippen molar-refractivity contribution in [1.82, 2.24) is 15.2 Å². The van der Waals surface area contributed by atoms with Gasteiger partial charge in [-0.3, -0.25) is 4.79 Å². The molecule has 1 aliphatic rings. The summed E-state index contributed by atoms with van der Waals surface area (Å²) in [5.74, 6) is 1.21. The molecule has 1 N–H and O–H groups in total. The Kier molecular flexibility index (Phi) is 9.08. The van der Waals surface area contributed by atoms with Crippen LogP contribution < -0.4 is 14.8 Å². The molecule has 9 nitrogen and oxygen atoms in total. The maximum absolute atomic E-state index is 13.5. The maximum atomic E-state index is 13.5. The smallest absolute Gasteiger partial charge is 0.318 e. The zero-order valence-corrected chi connectivity index (χ0v) is 21.0. The first kappa shape index (κ1) is 26.0. The molecule has 0 aromatic heterocycles. The van der Waals surface area contributed by atoms with E-state index in [1.807, 2.05) is 62.4 Å². The van der Waals surface area contributed by atoms with Crippen LogP contribution in [0.5, 0.6) is 11.5 Å². The molecule has 0 bridgehead atoms. The summed E-state index contributed by atoms with van der Waals surface area (Å²) >= 11 is 0. The summed E-state index contributed by atoms with van der Waals surface area (Å²) in [6, 6.07) is 14.5. The van der Waals surface area contributed by atoms with Gasteiger partial charge in [0.05, 0.1) is 32.6 Å². The minimum Gasteiger partial charge on any atom is -0.497 e. The Morgan fingerprint density at radius 1 is 1.03 bits per heavy atom. The summed E-state index contributed by atoms with van der Waals surface area (Å²) in [4.78, 5) is 27.7. The molecular formula is C26H34N4O5. The topological polar surface area (TPSA) is 92.7 Å². The fraction of sp³-hybridized carbons (Fsp3) is 0.423. The molecule has 35 heavy (non-hydrogen) atoms. The van der Waals surface area contributed by atoms with Gasteiger partial charge in [-0.25, -0.2) is 9.80 Å². The van der Waals surface area contributed by atoms with Gasteiger partial charge in [-0.05, 0) is 61.4 Å². The second kappa shape index (κ2) is 12.2. The van der Waals surface area contributed by atoms with Crippen molar-refractivity contribution < 1.29 is 23.8 Å². The number of urea groups is 1. The molecule has 1 aliphatic heterocycles. The van der Waals surface area contributed by atoms with Gasteiger partial charge in [-0.15, -0.1) is 0 Å². The van der Waals surface area contributed by atoms with Crippen LogP contribution in [0.1, 0.15) is 37.4 Å². The standard InChI is InChI=1S/C26H34N4O5/c1-18(2)27-26(32)29(14-15-33-3)17-25(31)30-24(20-8-12-22(35-5)13-9-20)16-23(28-30)19-6-10-21(34-4)11-7-19/h6-13,18,24H,14-17H2,1-5H3,(H,27,32)/t24-/m0/s1. The Hall–Kier alpha value is -3.59. The molecule has 0 unspecified atom stereocenters. The molecule has 0 saturated heterocycles. The van der Waals surface area contributed by atoms with E-state index in [-0.39, 0.29) is 37.1 Å². The monoisotopic (exact) mass is 482 g/mol. The molecule has 3 rings (SSSR count). The highest BCUT2D eigenvalue weighted by atomic mass is 16.5. The van der Waals surface area contributed by atoms with E-state index in [2.05, 4.69) is 5.32 Å². The van der Waals surface area contributed by atoms with Gasteiger partial charge in [0.15, 0.2) is 0 Å². The second-order valence-electron chi connectivity index (χ2n) is 8.53. The lowest BCUT2D eigenvalue weighted by Crippen LogP contribution is -2.48. The van der Waals surface area contributed by atoms with E-state index in [9.17, 15) is 9.59 Å². The quantitative estimate of drug-likeness (QED) is 0.560. The van der Waals surface area contributed by atoms with Crippen molar-refractivity contribution >= 4 is 17.6 Å². The van der Waals surface area contributed by atoms with Crippen LogP contribution in [0.25, 0.3) is 0 Å². The maximum Gasteiger partial charge on any atom is 0.318 e. The molecular weight excluding hydrogens is 448 g/mol. The van der Waals surface area contributed by atoms with Crippen molar-refractivity contribution in [2.75, 3.05) is 41.0 Å². The number of carbonyl (C=O) groups is 2. The Morgan fingerprint density at radius 2 is 1.63 bits per heavy atom. The number of methoxy groups -OCH3 is 3. The first-order chi connectivity index (χ1) is 16.9. The number of rotatable bonds is 10. The van der Waals surface area contributed by atoms with Crippen molar-refractivity contribution in [2.45, 2.75) is 32.4 Å². The third-order valence-electron chi connectivity index (χ3n) is 5.68. The minimum absolute atomic E-state index is 0.0545. The van der Waals surface area contributed by atoms with E-state index in [1.54, 1.807) is 21.3 Å². The third kappa shape index (κ3) is 6.73. The summed E-state index contributed by atoms with van der Waals surface area (Å²) in [7, 11) is 4.79. The summed E-state index contributed by atoms with van der Waals surface area (Å²) in [6.45, 7) is 4.24. The number of nitrogens with one attached hydrogen (secondary N) is 1. The van der Waals surface area contributed by atoms with Crippen LogP contribution in [0.4, 0.5) is 4.79 Å². The molecule has 188 valence electrons. The van der Waals surface area contributed by atoms with Gasteiger partial charge >= 0.3 is 6.03 Å². The zero-order valence-electron chi connectivity index (χ0n) is 21.0. The van der Waals surface area contributed by atoms with Crippen molar-refractivity contribution in [2.24, 2.45) is 5.10 Å².